The molecule has 0 atom stereocenters. The van der Waals surface area contributed by atoms with Gasteiger partial charge in [-0.25, -0.2) is 29.5 Å². The van der Waals surface area contributed by atoms with Gasteiger partial charge in [0.1, 0.15) is 40.5 Å². The number of nitrogens with one attached hydrogen (secondary N) is 2. The zero-order chi connectivity index (χ0) is 57.2. The molecule has 6 aromatic rings. The number of nitro groups is 1. The maximum atomic E-state index is 12.3. The largest absolute Gasteiger partial charge is 0.494 e. The third kappa shape index (κ3) is 19.1. The maximum absolute atomic E-state index is 12.3. The normalized spacial score (nSPS) is 14.2. The quantitative estimate of drug-likeness (QED) is 0.0447. The number of nitrogens with zero attached hydrogens (tertiary/aromatic N) is 11. The van der Waals surface area contributed by atoms with Crippen LogP contribution in [0.4, 0.5) is 44.0 Å². The number of likely N-dealkylation sites (tertiary alicyclic amines) is 2. The van der Waals surface area contributed by atoms with Gasteiger partial charge in [0.15, 0.2) is 5.82 Å². The van der Waals surface area contributed by atoms with E-state index < -0.39 is 16.1 Å². The molecule has 0 spiro atoms. The van der Waals surface area contributed by atoms with E-state index in [2.05, 4.69) is 47.0 Å². The van der Waals surface area contributed by atoms with Crippen LogP contribution < -0.4 is 25.8 Å². The van der Waals surface area contributed by atoms with Crippen molar-refractivity contribution < 1.29 is 33.5 Å². The third-order valence-corrected chi connectivity index (χ3v) is 13.4. The summed E-state index contributed by atoms with van der Waals surface area (Å²) in [4.78, 5) is 57.0. The Hall–Kier alpha value is -8.04. The first-order valence-corrected chi connectivity index (χ1v) is 27.9. The van der Waals surface area contributed by atoms with E-state index in [9.17, 15) is 19.7 Å². The van der Waals surface area contributed by atoms with Gasteiger partial charge in [0.05, 0.1) is 42.4 Å². The molecule has 2 aromatic carbocycles. The summed E-state index contributed by atoms with van der Waals surface area (Å²) < 4.78 is 25.8. The number of carbonyl (C=O) groups is 2. The van der Waals surface area contributed by atoms with E-state index in [1.165, 1.54) is 6.20 Å². The number of benzene rings is 2. The zero-order valence-electron chi connectivity index (χ0n) is 47.7. The highest BCUT2D eigenvalue weighted by molar-refractivity contribution is 5.69. The molecule has 430 valence electrons. The lowest BCUT2D eigenvalue weighted by atomic mass is 9.92. The van der Waals surface area contributed by atoms with E-state index in [1.807, 2.05) is 106 Å². The van der Waals surface area contributed by atoms with Crippen LogP contribution in [-0.2, 0) is 35.4 Å². The van der Waals surface area contributed by atoms with Crippen LogP contribution in [0.25, 0.3) is 0 Å². The molecule has 4 aromatic heterocycles. The number of hydrogen-bond acceptors (Lipinski definition) is 17. The van der Waals surface area contributed by atoms with Gasteiger partial charge >= 0.3 is 17.9 Å². The van der Waals surface area contributed by atoms with Crippen LogP contribution >= 0.6 is 0 Å². The van der Waals surface area contributed by atoms with Crippen LogP contribution in [0, 0.1) is 22.0 Å². The van der Waals surface area contributed by atoms with Gasteiger partial charge < -0.3 is 45.1 Å². The number of hydrogen-bond donors (Lipinski definition) is 3. The molecule has 0 aliphatic carbocycles. The number of aryl methyl sites for hydroxylation is 2. The second kappa shape index (κ2) is 28.2. The first-order valence-electron chi connectivity index (χ1n) is 27.9. The minimum absolute atomic E-state index is 0.134. The molecule has 4 N–H and O–H groups in total. The maximum Gasteiger partial charge on any atom is 0.410 e. The molecular weight excluding hydrogens is 1020 g/mol. The van der Waals surface area contributed by atoms with Gasteiger partial charge in [0.2, 0.25) is 5.82 Å². The molecular formula is C58H80N14O8. The molecule has 2 aliphatic rings. The Balaban J connectivity index is 0.000000231. The molecule has 8 rings (SSSR count). The minimum atomic E-state index is -0.500. The van der Waals surface area contributed by atoms with Crippen LogP contribution in [0.5, 0.6) is 11.5 Å². The predicted octanol–water partition coefficient (Wildman–Crippen LogP) is 11.2. The third-order valence-electron chi connectivity index (χ3n) is 13.4. The van der Waals surface area contributed by atoms with Crippen molar-refractivity contribution in [3.63, 3.8) is 0 Å². The molecule has 0 bridgehead atoms. The van der Waals surface area contributed by atoms with Gasteiger partial charge in [-0.1, -0.05) is 0 Å². The number of nitrogens with two attached hydrogens (primary N) is 1. The summed E-state index contributed by atoms with van der Waals surface area (Å²) in [6.07, 6.45) is 19.3. The van der Waals surface area contributed by atoms with Gasteiger partial charge in [-0.05, 0) is 178 Å². The van der Waals surface area contributed by atoms with Crippen LogP contribution in [0.3, 0.4) is 0 Å². The highest BCUT2D eigenvalue weighted by atomic mass is 16.6. The summed E-state index contributed by atoms with van der Waals surface area (Å²) in [5.41, 5.74) is 8.99. The van der Waals surface area contributed by atoms with Crippen molar-refractivity contribution in [2.45, 2.75) is 144 Å². The van der Waals surface area contributed by atoms with E-state index in [0.29, 0.717) is 66.7 Å². The number of amides is 2. The number of carbonyl (C=O) groups excluding carboxylic acids is 2. The van der Waals surface area contributed by atoms with Crippen LogP contribution in [-0.4, -0.2) is 117 Å². The summed E-state index contributed by atoms with van der Waals surface area (Å²) in [7, 11) is 0. The van der Waals surface area contributed by atoms with E-state index >= 15 is 0 Å². The summed E-state index contributed by atoms with van der Waals surface area (Å²) in [5.74, 6) is 4.59. The smallest absolute Gasteiger partial charge is 0.410 e. The van der Waals surface area contributed by atoms with Crippen LogP contribution in [0.1, 0.15) is 130 Å². The van der Waals surface area contributed by atoms with Gasteiger partial charge in [-0.15, -0.1) is 0 Å². The number of ether oxygens (including phenoxy) is 4. The Bertz CT molecular complexity index is 2920. The monoisotopic (exact) mass is 1100 g/mol. The van der Waals surface area contributed by atoms with Crippen molar-refractivity contribution >= 4 is 46.6 Å². The van der Waals surface area contributed by atoms with Crippen molar-refractivity contribution in [3.8, 4) is 11.5 Å². The number of rotatable bonds is 21. The van der Waals surface area contributed by atoms with Crippen LogP contribution in [0.15, 0.2) is 85.7 Å². The van der Waals surface area contributed by atoms with Gasteiger partial charge in [0, 0.05) is 75.9 Å². The van der Waals surface area contributed by atoms with Crippen molar-refractivity contribution in [2.24, 2.45) is 11.8 Å². The molecule has 6 heterocycles. The lowest BCUT2D eigenvalue weighted by Gasteiger charge is -2.33. The molecule has 22 nitrogen and oxygen atoms in total. The molecule has 2 fully saturated rings. The van der Waals surface area contributed by atoms with Crippen molar-refractivity contribution in [3.05, 3.63) is 119 Å². The molecule has 2 aliphatic heterocycles. The van der Waals surface area contributed by atoms with E-state index in [0.717, 1.165) is 119 Å². The fourth-order valence-electron chi connectivity index (χ4n) is 9.36. The summed E-state index contributed by atoms with van der Waals surface area (Å²) in [6.45, 7) is 21.1. The second-order valence-corrected chi connectivity index (χ2v) is 22.2. The van der Waals surface area contributed by atoms with Crippen molar-refractivity contribution in [1.29, 1.82) is 0 Å². The first kappa shape index (κ1) is 59.6. The fourth-order valence-corrected chi connectivity index (χ4v) is 9.36. The molecule has 22 heteroatoms. The summed E-state index contributed by atoms with van der Waals surface area (Å²) in [6, 6.07) is 14.8. The highest BCUT2D eigenvalue weighted by Gasteiger charge is 2.28. The zero-order valence-corrected chi connectivity index (χ0v) is 47.7. The molecule has 80 heavy (non-hydrogen) atoms. The fraction of sp³-hybridized carbons (Fsp3) is 0.517. The molecule has 2 saturated heterocycles. The Kier molecular flexibility index (Phi) is 21.0. The van der Waals surface area contributed by atoms with Crippen molar-refractivity contribution in [1.82, 2.24) is 49.3 Å². The predicted molar refractivity (Wildman–Crippen MR) is 307 cm³/mol. The van der Waals surface area contributed by atoms with Crippen LogP contribution in [0.2, 0.25) is 0 Å². The molecule has 0 saturated carbocycles. The van der Waals surface area contributed by atoms with Crippen molar-refractivity contribution in [2.75, 3.05) is 55.8 Å². The number of anilines is 5. The number of nitrogen functional groups attached to an aromatic ring is 1. The standard InChI is InChI=1S/C29H39N7O5.C29H41N7O3/c1-5-40-24-10-8-23(9-11-24)32-27-25(36(38)39)19-30-26(33-27)17-22-18-31-35(20-22)14-6-7-21-12-15-34(16-13-21)28(37)41-29(2,3)4;1-5-38-24-10-8-23(9-11-24)33-27-25(30)19-31-26(34-27)17-22-18-32-36(20-22)14-6-7-21-12-15-35(16-13-21)28(37)39-29(2,3)4/h8-11,18-21H,5-7,12-17H2,1-4H3,(H,30,32,33);8-11,18-21H,5-7,12-17,30H2,1-4H3,(H,31,33,34). The molecule has 0 unspecified atom stereocenters. The van der Waals surface area contributed by atoms with E-state index in [-0.39, 0.29) is 23.7 Å². The molecule has 0 radical (unpaired) electrons. The van der Waals surface area contributed by atoms with Gasteiger partial charge in [-0.2, -0.15) is 10.2 Å². The molecule has 2 amide bonds. The first-order chi connectivity index (χ1) is 38.3. The Labute approximate surface area is 469 Å². The lowest BCUT2D eigenvalue weighted by Crippen LogP contribution is -2.41. The highest BCUT2D eigenvalue weighted by Crippen LogP contribution is 2.29. The Morgan fingerprint density at radius 3 is 1.46 bits per heavy atom. The average Bonchev–Trinajstić information content (AvgIpc) is 4.07. The van der Waals surface area contributed by atoms with Gasteiger partial charge in [-0.3, -0.25) is 19.5 Å². The summed E-state index contributed by atoms with van der Waals surface area (Å²) >= 11 is 0. The second-order valence-electron chi connectivity index (χ2n) is 22.2. The SMILES string of the molecule is CCOc1ccc(Nc2nc(Cc3cnn(CCCC4CCN(C(=O)OC(C)(C)C)CC4)c3)ncc2N)cc1.CCOc1ccc(Nc2nc(Cc3cnn(CCCC4CCN(C(=O)OC(C)(C)C)CC4)c3)ncc2[N+](=O)[O-])cc1. The average molecular weight is 1100 g/mol. The topological polar surface area (TPSA) is 258 Å². The van der Waals surface area contributed by atoms with Gasteiger partial charge in [0.25, 0.3) is 0 Å². The lowest BCUT2D eigenvalue weighted by molar-refractivity contribution is -0.384. The minimum Gasteiger partial charge on any atom is -0.494 e. The van der Waals surface area contributed by atoms with E-state index in [4.69, 9.17) is 24.7 Å². The Morgan fingerprint density at radius 1 is 0.637 bits per heavy atom. The summed E-state index contributed by atoms with van der Waals surface area (Å²) in [5, 5.41) is 26.9. The number of piperidine rings is 2. The number of aromatic nitrogens is 8. The van der Waals surface area contributed by atoms with E-state index in [1.54, 1.807) is 41.6 Å². The Morgan fingerprint density at radius 2 is 1.05 bits per heavy atom.